The molecule has 1 aliphatic heterocycles. The van der Waals surface area contributed by atoms with Crippen LogP contribution in [0.25, 0.3) is 0 Å². The molecule has 3 rings (SSSR count). The summed E-state index contributed by atoms with van der Waals surface area (Å²) in [6, 6.07) is 12.3. The van der Waals surface area contributed by atoms with Crippen LogP contribution in [0.2, 0.25) is 5.02 Å². The SMILES string of the molecule is CC1CSC(N(Cc2cccnc2)c2ccc(Cl)cc2)=N1. The van der Waals surface area contributed by atoms with Crippen LogP contribution in [-0.4, -0.2) is 21.9 Å². The first-order valence-electron chi connectivity index (χ1n) is 6.85. The van der Waals surface area contributed by atoms with E-state index in [1.807, 2.05) is 36.5 Å². The molecule has 0 saturated carbocycles. The first kappa shape index (κ1) is 14.4. The van der Waals surface area contributed by atoms with Gasteiger partial charge in [-0.05, 0) is 42.8 Å². The number of hydrogen-bond acceptors (Lipinski definition) is 4. The molecule has 21 heavy (non-hydrogen) atoms. The lowest BCUT2D eigenvalue weighted by molar-refractivity contribution is 0.857. The van der Waals surface area contributed by atoms with E-state index in [4.69, 9.17) is 16.6 Å². The summed E-state index contributed by atoms with van der Waals surface area (Å²) in [6.45, 7) is 2.90. The lowest BCUT2D eigenvalue weighted by Gasteiger charge is -2.24. The number of hydrogen-bond donors (Lipinski definition) is 0. The van der Waals surface area contributed by atoms with Crippen molar-refractivity contribution >= 4 is 34.2 Å². The Hall–Kier alpha value is -1.52. The fourth-order valence-corrected chi connectivity index (χ4v) is 3.34. The van der Waals surface area contributed by atoms with Crippen molar-refractivity contribution in [2.75, 3.05) is 10.7 Å². The highest BCUT2D eigenvalue weighted by Gasteiger charge is 2.21. The normalized spacial score (nSPS) is 17.6. The van der Waals surface area contributed by atoms with Crippen LogP contribution in [0.15, 0.2) is 53.8 Å². The number of aromatic nitrogens is 1. The van der Waals surface area contributed by atoms with Gasteiger partial charge in [-0.15, -0.1) is 0 Å². The van der Waals surface area contributed by atoms with Gasteiger partial charge in [0.05, 0.1) is 12.6 Å². The molecule has 0 aliphatic carbocycles. The number of benzene rings is 1. The van der Waals surface area contributed by atoms with Crippen molar-refractivity contribution in [2.45, 2.75) is 19.5 Å². The van der Waals surface area contributed by atoms with Gasteiger partial charge in [0.1, 0.15) is 0 Å². The van der Waals surface area contributed by atoms with E-state index in [0.29, 0.717) is 6.04 Å². The van der Waals surface area contributed by atoms with E-state index in [9.17, 15) is 0 Å². The molecule has 0 spiro atoms. The molecule has 0 amide bonds. The van der Waals surface area contributed by atoms with Gasteiger partial charge in [-0.2, -0.15) is 0 Å². The Morgan fingerprint density at radius 3 is 2.71 bits per heavy atom. The highest BCUT2D eigenvalue weighted by atomic mass is 35.5. The average molecular weight is 318 g/mol. The van der Waals surface area contributed by atoms with E-state index in [0.717, 1.165) is 33.7 Å². The second kappa shape index (κ2) is 6.50. The molecule has 1 aliphatic rings. The molecular weight excluding hydrogens is 302 g/mol. The molecule has 1 aromatic carbocycles. The molecule has 1 aromatic heterocycles. The average Bonchev–Trinajstić information content (AvgIpc) is 2.93. The van der Waals surface area contributed by atoms with Crippen LogP contribution >= 0.6 is 23.4 Å². The summed E-state index contributed by atoms with van der Waals surface area (Å²) < 4.78 is 0. The van der Waals surface area contributed by atoms with Crippen molar-refractivity contribution in [1.29, 1.82) is 0 Å². The van der Waals surface area contributed by atoms with Gasteiger partial charge in [0, 0.05) is 28.9 Å². The minimum absolute atomic E-state index is 0.369. The van der Waals surface area contributed by atoms with Crippen molar-refractivity contribution in [3.05, 3.63) is 59.4 Å². The Balaban J connectivity index is 1.91. The number of nitrogens with zero attached hydrogens (tertiary/aromatic N) is 3. The van der Waals surface area contributed by atoms with E-state index in [1.165, 1.54) is 0 Å². The summed E-state index contributed by atoms with van der Waals surface area (Å²) in [5.41, 5.74) is 2.26. The molecular formula is C16H16ClN3S. The Labute approximate surface area is 134 Å². The number of thioether (sulfide) groups is 1. The van der Waals surface area contributed by atoms with Crippen molar-refractivity contribution in [3.63, 3.8) is 0 Å². The van der Waals surface area contributed by atoms with Gasteiger partial charge in [0.15, 0.2) is 5.17 Å². The first-order valence-corrected chi connectivity index (χ1v) is 8.21. The zero-order valence-corrected chi connectivity index (χ0v) is 13.3. The highest BCUT2D eigenvalue weighted by molar-refractivity contribution is 8.14. The second-order valence-electron chi connectivity index (χ2n) is 5.00. The molecule has 5 heteroatoms. The molecule has 108 valence electrons. The van der Waals surface area contributed by atoms with E-state index >= 15 is 0 Å². The Morgan fingerprint density at radius 2 is 2.10 bits per heavy atom. The minimum Gasteiger partial charge on any atom is -0.317 e. The van der Waals surface area contributed by atoms with Crippen molar-refractivity contribution in [3.8, 4) is 0 Å². The van der Waals surface area contributed by atoms with Crippen LogP contribution < -0.4 is 4.90 Å². The number of pyridine rings is 1. The van der Waals surface area contributed by atoms with Gasteiger partial charge in [-0.25, -0.2) is 0 Å². The lowest BCUT2D eigenvalue weighted by atomic mass is 10.2. The third kappa shape index (κ3) is 3.57. The fraction of sp³-hybridized carbons (Fsp3) is 0.250. The third-order valence-corrected chi connectivity index (χ3v) is 4.70. The Bertz CT molecular complexity index is 628. The number of amidine groups is 1. The molecule has 0 bridgehead atoms. The van der Waals surface area contributed by atoms with Gasteiger partial charge in [-0.1, -0.05) is 29.4 Å². The Kier molecular flexibility index (Phi) is 4.46. The van der Waals surface area contributed by atoms with Crippen molar-refractivity contribution in [1.82, 2.24) is 4.98 Å². The maximum absolute atomic E-state index is 6.00. The number of aliphatic imine (C=N–C) groups is 1. The van der Waals surface area contributed by atoms with Crippen LogP contribution in [0.3, 0.4) is 0 Å². The molecule has 0 saturated heterocycles. The zero-order valence-electron chi connectivity index (χ0n) is 11.7. The quantitative estimate of drug-likeness (QED) is 0.848. The number of anilines is 1. The molecule has 0 N–H and O–H groups in total. The Morgan fingerprint density at radius 1 is 1.29 bits per heavy atom. The van der Waals surface area contributed by atoms with Gasteiger partial charge < -0.3 is 4.90 Å². The van der Waals surface area contributed by atoms with E-state index in [1.54, 1.807) is 18.0 Å². The molecule has 0 radical (unpaired) electrons. The van der Waals surface area contributed by atoms with Crippen LogP contribution in [0, 0.1) is 0 Å². The summed E-state index contributed by atoms with van der Waals surface area (Å²) in [5, 5.41) is 1.81. The van der Waals surface area contributed by atoms with Gasteiger partial charge >= 0.3 is 0 Å². The second-order valence-corrected chi connectivity index (χ2v) is 6.42. The first-order chi connectivity index (χ1) is 10.2. The van der Waals surface area contributed by atoms with Gasteiger partial charge in [0.25, 0.3) is 0 Å². The zero-order chi connectivity index (χ0) is 14.7. The molecule has 2 aromatic rings. The highest BCUT2D eigenvalue weighted by Crippen LogP contribution is 2.28. The van der Waals surface area contributed by atoms with Crippen molar-refractivity contribution in [2.24, 2.45) is 4.99 Å². The molecule has 0 fully saturated rings. The van der Waals surface area contributed by atoms with Gasteiger partial charge in [0.2, 0.25) is 0 Å². The smallest absolute Gasteiger partial charge is 0.164 e. The lowest BCUT2D eigenvalue weighted by Crippen LogP contribution is -2.27. The summed E-state index contributed by atoms with van der Waals surface area (Å²) in [4.78, 5) is 11.2. The summed E-state index contributed by atoms with van der Waals surface area (Å²) >= 11 is 7.79. The topological polar surface area (TPSA) is 28.5 Å². The standard InChI is InChI=1S/C16H16ClN3S/c1-12-11-21-16(19-12)20(10-13-3-2-8-18-9-13)15-6-4-14(17)5-7-15/h2-9,12H,10-11H2,1H3. The monoisotopic (exact) mass is 317 g/mol. The molecule has 1 atom stereocenters. The van der Waals surface area contributed by atoms with Crippen LogP contribution in [-0.2, 0) is 6.54 Å². The maximum atomic E-state index is 6.00. The van der Waals surface area contributed by atoms with Crippen LogP contribution in [0.1, 0.15) is 12.5 Å². The molecule has 3 nitrogen and oxygen atoms in total. The maximum Gasteiger partial charge on any atom is 0.164 e. The van der Waals surface area contributed by atoms with Gasteiger partial charge in [-0.3, -0.25) is 9.98 Å². The summed E-state index contributed by atoms with van der Waals surface area (Å²) in [5.74, 6) is 1.03. The van der Waals surface area contributed by atoms with Crippen LogP contribution in [0.4, 0.5) is 5.69 Å². The third-order valence-electron chi connectivity index (χ3n) is 3.22. The predicted molar refractivity (Wildman–Crippen MR) is 91.2 cm³/mol. The number of rotatable bonds is 3. The van der Waals surface area contributed by atoms with E-state index < -0.39 is 0 Å². The predicted octanol–water partition coefficient (Wildman–Crippen LogP) is 4.23. The van der Waals surface area contributed by atoms with E-state index in [2.05, 4.69) is 22.9 Å². The molecule has 2 heterocycles. The number of halogens is 1. The largest absolute Gasteiger partial charge is 0.317 e. The molecule has 1 unspecified atom stereocenters. The minimum atomic E-state index is 0.369. The van der Waals surface area contributed by atoms with Crippen LogP contribution in [0.5, 0.6) is 0 Å². The van der Waals surface area contributed by atoms with E-state index in [-0.39, 0.29) is 0 Å². The summed E-state index contributed by atoms with van der Waals surface area (Å²) in [7, 11) is 0. The van der Waals surface area contributed by atoms with Crippen molar-refractivity contribution < 1.29 is 0 Å². The summed E-state index contributed by atoms with van der Waals surface area (Å²) in [6.07, 6.45) is 3.69. The fourth-order valence-electron chi connectivity index (χ4n) is 2.17.